The Hall–Kier alpha value is -2.32. The van der Waals surface area contributed by atoms with E-state index in [0.717, 1.165) is 17.7 Å². The topological polar surface area (TPSA) is 33.1 Å². The second-order valence-corrected chi connectivity index (χ2v) is 5.68. The molecule has 0 spiro atoms. The van der Waals surface area contributed by atoms with E-state index in [-0.39, 0.29) is 11.7 Å². The molecule has 1 N–H and O–H groups in total. The quantitative estimate of drug-likeness (QED) is 0.750. The maximum Gasteiger partial charge on any atom is 0.133 e. The van der Waals surface area contributed by atoms with Gasteiger partial charge in [-0.1, -0.05) is 54.1 Å². The molecule has 0 saturated heterocycles. The fraction of sp³-hybridized carbons (Fsp3) is 0.105. The minimum absolute atomic E-state index is 0.0988. The summed E-state index contributed by atoms with van der Waals surface area (Å²) in [5.74, 6) is 0.273. The first-order valence-electron chi connectivity index (χ1n) is 7.16. The molecule has 0 amide bonds. The second-order valence-electron chi connectivity index (χ2n) is 5.24. The molecule has 2 nitrogen and oxygen atoms in total. The lowest BCUT2D eigenvalue weighted by molar-refractivity contribution is 0.471. The van der Waals surface area contributed by atoms with Gasteiger partial charge >= 0.3 is 0 Å². The van der Waals surface area contributed by atoms with Crippen LogP contribution in [-0.4, -0.2) is 10.1 Å². The van der Waals surface area contributed by atoms with Crippen molar-refractivity contribution >= 4 is 11.6 Å². The molecular weight excluding hydrogens is 294 g/mol. The smallest absolute Gasteiger partial charge is 0.133 e. The Balaban J connectivity index is 2.00. The first kappa shape index (κ1) is 14.6. The maximum atomic E-state index is 9.46. The van der Waals surface area contributed by atoms with Crippen molar-refractivity contribution in [3.8, 4) is 5.75 Å². The lowest BCUT2D eigenvalue weighted by Gasteiger charge is -2.17. The van der Waals surface area contributed by atoms with Crippen molar-refractivity contribution in [2.75, 3.05) is 0 Å². The van der Waals surface area contributed by atoms with Gasteiger partial charge in [0.25, 0.3) is 0 Å². The summed E-state index contributed by atoms with van der Waals surface area (Å²) in [4.78, 5) is 4.39. The molecule has 1 aromatic heterocycles. The summed E-state index contributed by atoms with van der Waals surface area (Å²) in [6.45, 7) is 0. The third-order valence-corrected chi connectivity index (χ3v) is 3.90. The van der Waals surface area contributed by atoms with Gasteiger partial charge in [-0.25, -0.2) is 0 Å². The van der Waals surface area contributed by atoms with Gasteiger partial charge in [0.15, 0.2) is 0 Å². The molecule has 0 aliphatic rings. The van der Waals surface area contributed by atoms with E-state index in [1.165, 1.54) is 11.8 Å². The van der Waals surface area contributed by atoms with Gasteiger partial charge in [-0.3, -0.25) is 4.98 Å². The molecule has 22 heavy (non-hydrogen) atoms. The van der Waals surface area contributed by atoms with Crippen LogP contribution in [-0.2, 0) is 6.42 Å². The van der Waals surface area contributed by atoms with Crippen molar-refractivity contribution in [3.05, 3.63) is 94.8 Å². The minimum Gasteiger partial charge on any atom is -0.506 e. The summed E-state index contributed by atoms with van der Waals surface area (Å²) in [6.07, 6.45) is 2.32. The van der Waals surface area contributed by atoms with Crippen LogP contribution >= 0.6 is 11.6 Å². The average Bonchev–Trinajstić information content (AvgIpc) is 2.55. The van der Waals surface area contributed by atoms with Crippen LogP contribution in [0.4, 0.5) is 0 Å². The number of pyridine rings is 1. The molecule has 3 rings (SSSR count). The van der Waals surface area contributed by atoms with Crippen molar-refractivity contribution in [1.82, 2.24) is 4.98 Å². The molecule has 1 heterocycles. The van der Waals surface area contributed by atoms with E-state index < -0.39 is 0 Å². The summed E-state index contributed by atoms with van der Waals surface area (Å²) in [5.41, 5.74) is 3.28. The van der Waals surface area contributed by atoms with Gasteiger partial charge in [-0.2, -0.15) is 0 Å². The van der Waals surface area contributed by atoms with Gasteiger partial charge in [-0.05, 0) is 41.8 Å². The van der Waals surface area contributed by atoms with Crippen LogP contribution in [0, 0.1) is 0 Å². The number of benzene rings is 2. The molecule has 0 bridgehead atoms. The molecule has 3 heteroatoms. The van der Waals surface area contributed by atoms with Gasteiger partial charge < -0.3 is 5.11 Å². The van der Waals surface area contributed by atoms with Crippen molar-refractivity contribution in [2.24, 2.45) is 0 Å². The highest BCUT2D eigenvalue weighted by atomic mass is 35.5. The van der Waals surface area contributed by atoms with Crippen molar-refractivity contribution < 1.29 is 5.11 Å². The predicted molar refractivity (Wildman–Crippen MR) is 89.3 cm³/mol. The van der Waals surface area contributed by atoms with Crippen LogP contribution in [0.15, 0.2) is 72.9 Å². The fourth-order valence-corrected chi connectivity index (χ4v) is 2.77. The molecule has 110 valence electrons. The lowest BCUT2D eigenvalue weighted by Crippen LogP contribution is -2.07. The van der Waals surface area contributed by atoms with Crippen LogP contribution in [0.1, 0.15) is 22.7 Å². The van der Waals surface area contributed by atoms with Crippen molar-refractivity contribution in [1.29, 1.82) is 0 Å². The number of hydrogen-bond acceptors (Lipinski definition) is 2. The standard InChI is InChI=1S/C19H16ClNO/c20-16-8-4-7-15(12-16)18(11-14-5-2-1-3-6-14)19-10-9-17(22)13-21-19/h1-10,12-13,18,22H,11H2. The molecule has 0 saturated carbocycles. The summed E-state index contributed by atoms with van der Waals surface area (Å²) in [6, 6.07) is 21.7. The number of hydrogen-bond donors (Lipinski definition) is 1. The highest BCUT2D eigenvalue weighted by Gasteiger charge is 2.16. The van der Waals surface area contributed by atoms with Crippen LogP contribution in [0.3, 0.4) is 0 Å². The van der Waals surface area contributed by atoms with Crippen LogP contribution in [0.25, 0.3) is 0 Å². The van der Waals surface area contributed by atoms with Crippen molar-refractivity contribution in [2.45, 2.75) is 12.3 Å². The zero-order valence-electron chi connectivity index (χ0n) is 12.0. The Morgan fingerprint density at radius 1 is 0.955 bits per heavy atom. The largest absolute Gasteiger partial charge is 0.506 e. The zero-order valence-corrected chi connectivity index (χ0v) is 12.7. The summed E-state index contributed by atoms with van der Waals surface area (Å²) >= 11 is 6.14. The fourth-order valence-electron chi connectivity index (χ4n) is 2.57. The molecule has 2 aromatic carbocycles. The van der Waals surface area contributed by atoms with Gasteiger partial charge in [0, 0.05) is 16.6 Å². The molecular formula is C19H16ClNO. The van der Waals surface area contributed by atoms with Crippen molar-refractivity contribution in [3.63, 3.8) is 0 Å². The van der Waals surface area contributed by atoms with E-state index in [2.05, 4.69) is 23.2 Å². The Kier molecular flexibility index (Phi) is 4.40. The molecule has 1 atom stereocenters. The zero-order chi connectivity index (χ0) is 15.4. The molecule has 0 aliphatic heterocycles. The summed E-state index contributed by atoms with van der Waals surface area (Å²) in [7, 11) is 0. The minimum atomic E-state index is 0.0988. The van der Waals surface area contributed by atoms with Gasteiger partial charge in [0.2, 0.25) is 0 Å². The van der Waals surface area contributed by atoms with E-state index in [4.69, 9.17) is 11.6 Å². The first-order valence-corrected chi connectivity index (χ1v) is 7.54. The highest BCUT2D eigenvalue weighted by Crippen LogP contribution is 2.29. The van der Waals surface area contributed by atoms with Gasteiger partial charge in [0.1, 0.15) is 5.75 Å². The molecule has 0 fully saturated rings. The number of rotatable bonds is 4. The number of nitrogens with zero attached hydrogens (tertiary/aromatic N) is 1. The maximum absolute atomic E-state index is 9.46. The van der Waals surface area contributed by atoms with E-state index in [9.17, 15) is 5.11 Å². The summed E-state index contributed by atoms with van der Waals surface area (Å²) in [5, 5.41) is 10.2. The van der Waals surface area contributed by atoms with E-state index in [1.807, 2.05) is 42.5 Å². The monoisotopic (exact) mass is 309 g/mol. The molecule has 0 radical (unpaired) electrons. The normalized spacial score (nSPS) is 12.0. The second kappa shape index (κ2) is 6.63. The Bertz CT molecular complexity index is 741. The van der Waals surface area contributed by atoms with Gasteiger partial charge in [0.05, 0.1) is 6.20 Å². The van der Waals surface area contributed by atoms with E-state index >= 15 is 0 Å². The van der Waals surface area contributed by atoms with Gasteiger partial charge in [-0.15, -0.1) is 0 Å². The number of aromatic nitrogens is 1. The van der Waals surface area contributed by atoms with Crippen LogP contribution < -0.4 is 0 Å². The lowest BCUT2D eigenvalue weighted by atomic mass is 9.89. The molecule has 3 aromatic rings. The first-order chi connectivity index (χ1) is 10.7. The number of halogens is 1. The molecule has 0 aliphatic carbocycles. The van der Waals surface area contributed by atoms with E-state index in [1.54, 1.807) is 6.07 Å². The average molecular weight is 310 g/mol. The Morgan fingerprint density at radius 2 is 1.77 bits per heavy atom. The molecule has 1 unspecified atom stereocenters. The third kappa shape index (κ3) is 3.46. The third-order valence-electron chi connectivity index (χ3n) is 3.66. The van der Waals surface area contributed by atoms with Crippen LogP contribution in [0.5, 0.6) is 5.75 Å². The Labute approximate surface area is 135 Å². The Morgan fingerprint density at radius 3 is 2.45 bits per heavy atom. The SMILES string of the molecule is Oc1ccc(C(Cc2ccccc2)c2cccc(Cl)c2)nc1. The summed E-state index contributed by atoms with van der Waals surface area (Å²) < 4.78 is 0. The van der Waals surface area contributed by atoms with Crippen LogP contribution in [0.2, 0.25) is 5.02 Å². The number of aromatic hydroxyl groups is 1. The van der Waals surface area contributed by atoms with E-state index in [0.29, 0.717) is 5.02 Å². The highest BCUT2D eigenvalue weighted by molar-refractivity contribution is 6.30. The predicted octanol–water partition coefficient (Wildman–Crippen LogP) is 4.82.